The first-order valence-corrected chi connectivity index (χ1v) is 10.0. The molecule has 0 spiro atoms. The van der Waals surface area contributed by atoms with Gasteiger partial charge in [0.2, 0.25) is 0 Å². The maximum absolute atomic E-state index is 12.7. The van der Waals surface area contributed by atoms with E-state index in [-0.39, 0.29) is 5.97 Å². The smallest absolute Gasteiger partial charge is 0.358 e. The molecular formula is C22H22N2O2S. The fourth-order valence-electron chi connectivity index (χ4n) is 3.45. The van der Waals surface area contributed by atoms with Gasteiger partial charge in [-0.25, -0.2) is 9.78 Å². The molecule has 2 aromatic carbocycles. The van der Waals surface area contributed by atoms with E-state index in [0.29, 0.717) is 18.2 Å². The second-order valence-electron chi connectivity index (χ2n) is 6.81. The van der Waals surface area contributed by atoms with Gasteiger partial charge >= 0.3 is 5.97 Å². The Bertz CT molecular complexity index is 909. The number of carbonyl (C=O) groups excluding carboxylic acids is 1. The molecule has 1 aliphatic heterocycles. The predicted octanol–water partition coefficient (Wildman–Crippen LogP) is 4.80. The van der Waals surface area contributed by atoms with Crippen LogP contribution in [0.15, 0.2) is 60.7 Å². The van der Waals surface area contributed by atoms with E-state index in [9.17, 15) is 4.79 Å². The molecule has 3 aromatic rings. The monoisotopic (exact) mass is 378 g/mol. The van der Waals surface area contributed by atoms with E-state index in [1.54, 1.807) is 0 Å². The number of carbonyl (C=O) groups is 1. The molecule has 4 rings (SSSR count). The normalized spacial score (nSPS) is 16.5. The van der Waals surface area contributed by atoms with Gasteiger partial charge in [0.15, 0.2) is 5.69 Å². The summed E-state index contributed by atoms with van der Waals surface area (Å²) < 4.78 is 5.65. The molecule has 1 atom stereocenters. The molecule has 138 valence electrons. The van der Waals surface area contributed by atoms with Crippen molar-refractivity contribution in [2.24, 2.45) is 5.92 Å². The second-order valence-corrected chi connectivity index (χ2v) is 8.01. The third-order valence-electron chi connectivity index (χ3n) is 4.82. The number of para-hydroxylation sites is 1. The number of aromatic nitrogens is 1. The number of rotatable bonds is 5. The Hall–Kier alpha value is -2.66. The van der Waals surface area contributed by atoms with Crippen LogP contribution >= 0.6 is 11.3 Å². The van der Waals surface area contributed by atoms with Crippen LogP contribution in [0.1, 0.15) is 21.9 Å². The van der Waals surface area contributed by atoms with Crippen LogP contribution in [0.4, 0.5) is 5.69 Å². The quantitative estimate of drug-likeness (QED) is 0.598. The molecule has 1 aliphatic rings. The van der Waals surface area contributed by atoms with Gasteiger partial charge in [-0.2, -0.15) is 0 Å². The molecule has 2 heterocycles. The van der Waals surface area contributed by atoms with Crippen LogP contribution in [0, 0.1) is 12.8 Å². The molecular weight excluding hydrogens is 356 g/mol. The highest BCUT2D eigenvalue weighted by Gasteiger charge is 2.26. The van der Waals surface area contributed by atoms with Crippen LogP contribution in [-0.4, -0.2) is 30.6 Å². The zero-order chi connectivity index (χ0) is 18.6. The van der Waals surface area contributed by atoms with Gasteiger partial charge in [0.1, 0.15) is 0 Å². The van der Waals surface area contributed by atoms with Crippen LogP contribution in [0.5, 0.6) is 0 Å². The van der Waals surface area contributed by atoms with Gasteiger partial charge in [0.25, 0.3) is 0 Å². The average Bonchev–Trinajstić information content (AvgIpc) is 3.34. The zero-order valence-electron chi connectivity index (χ0n) is 15.3. The molecule has 1 aromatic heterocycles. The lowest BCUT2D eigenvalue weighted by molar-refractivity contribution is 0.0446. The first-order valence-electron chi connectivity index (χ1n) is 9.20. The summed E-state index contributed by atoms with van der Waals surface area (Å²) in [4.78, 5) is 20.3. The van der Waals surface area contributed by atoms with E-state index in [1.807, 2.05) is 43.3 Å². The van der Waals surface area contributed by atoms with Crippen molar-refractivity contribution in [3.05, 3.63) is 71.4 Å². The maximum Gasteiger partial charge on any atom is 0.358 e. The minimum atomic E-state index is -0.323. The van der Waals surface area contributed by atoms with Crippen molar-refractivity contribution in [1.82, 2.24) is 4.98 Å². The molecule has 4 nitrogen and oxygen atoms in total. The summed E-state index contributed by atoms with van der Waals surface area (Å²) in [6, 6.07) is 20.3. The van der Waals surface area contributed by atoms with E-state index >= 15 is 0 Å². The van der Waals surface area contributed by atoms with Crippen molar-refractivity contribution in [3.63, 3.8) is 0 Å². The summed E-state index contributed by atoms with van der Waals surface area (Å²) in [6.07, 6.45) is 1.03. The SMILES string of the molecule is Cc1nc(C(=O)OC[C@H]2CCN(c3ccccc3)C2)c(-c2ccccc2)s1. The number of thiazole rings is 1. The van der Waals surface area contributed by atoms with Crippen LogP contribution in [-0.2, 0) is 4.74 Å². The Morgan fingerprint density at radius 1 is 1.15 bits per heavy atom. The summed E-state index contributed by atoms with van der Waals surface area (Å²) in [5.41, 5.74) is 2.67. The highest BCUT2D eigenvalue weighted by molar-refractivity contribution is 7.15. The van der Waals surface area contributed by atoms with Crippen LogP contribution < -0.4 is 4.90 Å². The summed E-state index contributed by atoms with van der Waals surface area (Å²) in [6.45, 7) is 4.27. The van der Waals surface area contributed by atoms with Crippen molar-refractivity contribution in [1.29, 1.82) is 0 Å². The van der Waals surface area contributed by atoms with Crippen molar-refractivity contribution in [3.8, 4) is 10.4 Å². The molecule has 0 N–H and O–H groups in total. The zero-order valence-corrected chi connectivity index (χ0v) is 16.1. The van der Waals surface area contributed by atoms with Crippen molar-refractivity contribution >= 4 is 23.0 Å². The molecule has 1 saturated heterocycles. The second kappa shape index (κ2) is 7.92. The Balaban J connectivity index is 1.40. The Morgan fingerprint density at radius 3 is 2.59 bits per heavy atom. The molecule has 0 radical (unpaired) electrons. The van der Waals surface area contributed by atoms with E-state index in [4.69, 9.17) is 4.74 Å². The van der Waals surface area contributed by atoms with Gasteiger partial charge in [0.05, 0.1) is 16.5 Å². The highest BCUT2D eigenvalue weighted by Crippen LogP contribution is 2.31. The minimum Gasteiger partial charge on any atom is -0.461 e. The topological polar surface area (TPSA) is 42.4 Å². The number of anilines is 1. The van der Waals surface area contributed by atoms with E-state index in [0.717, 1.165) is 35.0 Å². The number of nitrogens with zero attached hydrogens (tertiary/aromatic N) is 2. The van der Waals surface area contributed by atoms with Crippen LogP contribution in [0.25, 0.3) is 10.4 Å². The lowest BCUT2D eigenvalue weighted by Gasteiger charge is -2.18. The number of hydrogen-bond acceptors (Lipinski definition) is 5. The summed E-state index contributed by atoms with van der Waals surface area (Å²) in [5, 5.41) is 0.872. The Labute approximate surface area is 163 Å². The van der Waals surface area contributed by atoms with Gasteiger partial charge < -0.3 is 9.64 Å². The number of ether oxygens (including phenoxy) is 1. The number of hydrogen-bond donors (Lipinski definition) is 0. The van der Waals surface area contributed by atoms with E-state index < -0.39 is 0 Å². The fraction of sp³-hybridized carbons (Fsp3) is 0.273. The predicted molar refractivity (Wildman–Crippen MR) is 109 cm³/mol. The Kier molecular flexibility index (Phi) is 5.21. The first-order chi connectivity index (χ1) is 13.2. The molecule has 0 saturated carbocycles. The minimum absolute atomic E-state index is 0.323. The van der Waals surface area contributed by atoms with Gasteiger partial charge in [-0.1, -0.05) is 48.5 Å². The summed E-state index contributed by atoms with van der Waals surface area (Å²) in [5.74, 6) is 0.0328. The molecule has 0 unspecified atom stereocenters. The van der Waals surface area contributed by atoms with E-state index in [1.165, 1.54) is 17.0 Å². The van der Waals surface area contributed by atoms with Gasteiger partial charge in [-0.15, -0.1) is 11.3 Å². The fourth-order valence-corrected chi connectivity index (χ4v) is 4.37. The third kappa shape index (κ3) is 4.03. The Morgan fingerprint density at radius 2 is 1.85 bits per heavy atom. The van der Waals surface area contributed by atoms with Gasteiger partial charge in [0, 0.05) is 24.7 Å². The van der Waals surface area contributed by atoms with Crippen LogP contribution in [0.2, 0.25) is 0 Å². The molecule has 0 aliphatic carbocycles. The molecule has 5 heteroatoms. The summed E-state index contributed by atoms with van der Waals surface area (Å²) >= 11 is 1.53. The lowest BCUT2D eigenvalue weighted by atomic mass is 10.1. The highest BCUT2D eigenvalue weighted by atomic mass is 32.1. The molecule has 1 fully saturated rings. The first kappa shape index (κ1) is 17.7. The average molecular weight is 378 g/mol. The lowest BCUT2D eigenvalue weighted by Crippen LogP contribution is -2.22. The van der Waals surface area contributed by atoms with Crippen molar-refractivity contribution in [2.45, 2.75) is 13.3 Å². The summed E-state index contributed by atoms with van der Waals surface area (Å²) in [7, 11) is 0. The third-order valence-corrected chi connectivity index (χ3v) is 5.84. The number of aryl methyl sites for hydroxylation is 1. The van der Waals surface area contributed by atoms with Crippen molar-refractivity contribution < 1.29 is 9.53 Å². The number of esters is 1. The van der Waals surface area contributed by atoms with E-state index in [2.05, 4.69) is 34.1 Å². The molecule has 0 amide bonds. The van der Waals surface area contributed by atoms with Crippen LogP contribution in [0.3, 0.4) is 0 Å². The van der Waals surface area contributed by atoms with Crippen molar-refractivity contribution in [2.75, 3.05) is 24.6 Å². The molecule has 0 bridgehead atoms. The number of benzene rings is 2. The van der Waals surface area contributed by atoms with Gasteiger partial charge in [-0.05, 0) is 31.0 Å². The maximum atomic E-state index is 12.7. The standard InChI is InChI=1S/C22H22N2O2S/c1-16-23-20(21(27-16)18-8-4-2-5-9-18)22(25)26-15-17-12-13-24(14-17)19-10-6-3-7-11-19/h2-11,17H,12-15H2,1H3/t17-/m0/s1. The molecule has 27 heavy (non-hydrogen) atoms. The van der Waals surface area contributed by atoms with Gasteiger partial charge in [-0.3, -0.25) is 0 Å². The largest absolute Gasteiger partial charge is 0.461 e.